The number of fused-ring (bicyclic) bond motifs is 1. The number of primary amides is 1. The van der Waals surface area contributed by atoms with Gasteiger partial charge in [0.15, 0.2) is 0 Å². The van der Waals surface area contributed by atoms with Gasteiger partial charge in [0.1, 0.15) is 0 Å². The Kier molecular flexibility index (Phi) is 11.5. The molecule has 4 heterocycles. The average molecular weight is 713 g/mol. The number of hydrogen-bond acceptors (Lipinski definition) is 8. The fraction of sp³-hybridized carbons (Fsp3) is 0.486. The number of amides is 3. The zero-order chi connectivity index (χ0) is 34.5. The second-order valence-electron chi connectivity index (χ2n) is 12.8. The van der Waals surface area contributed by atoms with Gasteiger partial charge >= 0.3 is 11.8 Å². The largest absolute Gasteiger partial charge is 0.379 e. The molecule has 3 aliphatic rings. The molecule has 49 heavy (non-hydrogen) atoms. The summed E-state index contributed by atoms with van der Waals surface area (Å²) < 4.78 is 13.0. The van der Waals surface area contributed by atoms with E-state index in [1.807, 2.05) is 28.9 Å². The van der Waals surface area contributed by atoms with Crippen LogP contribution in [0.15, 0.2) is 36.4 Å². The summed E-state index contributed by atoms with van der Waals surface area (Å²) in [6, 6.07) is 11.3. The molecular formula is C35H43Cl2N7O5. The van der Waals surface area contributed by atoms with E-state index in [0.717, 1.165) is 74.7 Å². The van der Waals surface area contributed by atoms with Gasteiger partial charge in [-0.1, -0.05) is 35.3 Å². The lowest BCUT2D eigenvalue weighted by Gasteiger charge is -2.33. The van der Waals surface area contributed by atoms with Crippen LogP contribution < -0.4 is 11.1 Å². The lowest BCUT2D eigenvalue weighted by atomic mass is 9.96. The smallest absolute Gasteiger partial charge is 0.311 e. The molecule has 2 saturated heterocycles. The molecule has 0 saturated carbocycles. The predicted octanol–water partition coefficient (Wildman–Crippen LogP) is 3.07. The SMILES string of the molecule is CC1COCCN1CCCn1nc(-c2ccc(Cl)c(-c3ccc(Cl)c(C(=O)NCCN4CCOCC4)c3)c2)c2c1CCN(C(=O)C(N)=O)C2. The number of nitrogens with two attached hydrogens (primary N) is 1. The van der Waals surface area contributed by atoms with E-state index in [9.17, 15) is 14.4 Å². The van der Waals surface area contributed by atoms with Crippen LogP contribution in [0.2, 0.25) is 10.0 Å². The summed E-state index contributed by atoms with van der Waals surface area (Å²) in [5.41, 5.74) is 10.6. The van der Waals surface area contributed by atoms with E-state index in [0.29, 0.717) is 72.2 Å². The summed E-state index contributed by atoms with van der Waals surface area (Å²) in [6.45, 7) is 11.1. The van der Waals surface area contributed by atoms with Crippen molar-refractivity contribution in [3.8, 4) is 22.4 Å². The molecule has 12 nitrogen and oxygen atoms in total. The molecule has 1 unspecified atom stereocenters. The predicted molar refractivity (Wildman–Crippen MR) is 187 cm³/mol. The topological polar surface area (TPSA) is 135 Å². The monoisotopic (exact) mass is 711 g/mol. The first-order valence-electron chi connectivity index (χ1n) is 16.9. The standard InChI is InChI=1S/C35H43Cl2N7O5/c1-23-22-49-18-15-42(23)9-2-10-44-31-7-11-43(35(47)33(38)45)21-28(31)32(40-44)25-4-6-29(36)26(20-25)24-3-5-30(37)27(19-24)34(46)39-8-12-41-13-16-48-17-14-41/h3-6,19-20,23H,2,7-18,21-22H2,1H3,(H2,38,45)(H,39,46). The van der Waals surface area contributed by atoms with Gasteiger partial charge in [0.2, 0.25) is 0 Å². The van der Waals surface area contributed by atoms with Crippen molar-refractivity contribution in [1.29, 1.82) is 0 Å². The Morgan fingerprint density at radius 2 is 1.69 bits per heavy atom. The highest BCUT2D eigenvalue weighted by Gasteiger charge is 2.30. The third-order valence-corrected chi connectivity index (χ3v) is 10.2. The van der Waals surface area contributed by atoms with Crippen LogP contribution >= 0.6 is 23.2 Å². The van der Waals surface area contributed by atoms with Crippen LogP contribution in [0.5, 0.6) is 0 Å². The fourth-order valence-electron chi connectivity index (χ4n) is 6.76. The zero-order valence-corrected chi connectivity index (χ0v) is 29.3. The number of hydrogen-bond donors (Lipinski definition) is 2. The molecule has 14 heteroatoms. The van der Waals surface area contributed by atoms with Crippen LogP contribution in [0.25, 0.3) is 22.4 Å². The number of carbonyl (C=O) groups excluding carboxylic acids is 3. The van der Waals surface area contributed by atoms with E-state index in [-0.39, 0.29) is 12.5 Å². The van der Waals surface area contributed by atoms with Gasteiger partial charge in [0, 0.05) is 92.2 Å². The van der Waals surface area contributed by atoms with Crippen molar-refractivity contribution in [3.63, 3.8) is 0 Å². The molecule has 262 valence electrons. The van der Waals surface area contributed by atoms with Crippen LogP contribution in [0.3, 0.4) is 0 Å². The molecule has 3 N–H and O–H groups in total. The molecule has 3 aromatic rings. The van der Waals surface area contributed by atoms with E-state index < -0.39 is 11.8 Å². The number of rotatable bonds is 10. The van der Waals surface area contributed by atoms with Crippen molar-refractivity contribution in [2.45, 2.75) is 38.9 Å². The minimum absolute atomic E-state index is 0.223. The van der Waals surface area contributed by atoms with Crippen LogP contribution in [-0.2, 0) is 38.6 Å². The molecular weight excluding hydrogens is 669 g/mol. The van der Waals surface area contributed by atoms with Crippen molar-refractivity contribution < 1.29 is 23.9 Å². The molecule has 3 aliphatic heterocycles. The van der Waals surface area contributed by atoms with Gasteiger partial charge in [-0.15, -0.1) is 0 Å². The number of carbonyl (C=O) groups is 3. The molecule has 2 fully saturated rings. The Balaban J connectivity index is 1.26. The van der Waals surface area contributed by atoms with Gasteiger partial charge in [0.25, 0.3) is 5.91 Å². The first kappa shape index (κ1) is 35.3. The minimum Gasteiger partial charge on any atom is -0.379 e. The highest BCUT2D eigenvalue weighted by Crippen LogP contribution is 2.37. The number of aromatic nitrogens is 2. The highest BCUT2D eigenvalue weighted by atomic mass is 35.5. The van der Waals surface area contributed by atoms with Crippen LogP contribution in [-0.4, -0.2) is 120 Å². The Morgan fingerprint density at radius 1 is 0.939 bits per heavy atom. The molecule has 0 radical (unpaired) electrons. The normalized spacial score (nSPS) is 18.7. The molecule has 0 aliphatic carbocycles. The second-order valence-corrected chi connectivity index (χ2v) is 13.6. The molecule has 0 bridgehead atoms. The van der Waals surface area contributed by atoms with Gasteiger partial charge in [0.05, 0.1) is 49.3 Å². The quantitative estimate of drug-likeness (QED) is 0.307. The van der Waals surface area contributed by atoms with E-state index in [2.05, 4.69) is 22.0 Å². The summed E-state index contributed by atoms with van der Waals surface area (Å²) in [5.74, 6) is -1.94. The Morgan fingerprint density at radius 3 is 2.47 bits per heavy atom. The molecule has 1 atom stereocenters. The number of morpholine rings is 2. The van der Waals surface area contributed by atoms with Gasteiger partial charge in [-0.05, 0) is 43.2 Å². The summed E-state index contributed by atoms with van der Waals surface area (Å²) in [6.07, 6.45) is 1.45. The maximum atomic E-state index is 13.2. The summed E-state index contributed by atoms with van der Waals surface area (Å²) >= 11 is 13.3. The first-order chi connectivity index (χ1) is 23.7. The van der Waals surface area contributed by atoms with Crippen LogP contribution in [0.1, 0.15) is 35.0 Å². The fourth-order valence-corrected chi connectivity index (χ4v) is 7.19. The lowest BCUT2D eigenvalue weighted by molar-refractivity contribution is -0.144. The maximum Gasteiger partial charge on any atom is 0.311 e. The summed E-state index contributed by atoms with van der Waals surface area (Å²) in [7, 11) is 0. The molecule has 1 aromatic heterocycles. The number of nitrogens with zero attached hydrogens (tertiary/aromatic N) is 5. The number of benzene rings is 2. The molecule has 2 aromatic carbocycles. The van der Waals surface area contributed by atoms with Gasteiger partial charge in [-0.2, -0.15) is 5.10 Å². The van der Waals surface area contributed by atoms with Crippen molar-refractivity contribution in [2.24, 2.45) is 5.73 Å². The van der Waals surface area contributed by atoms with E-state index in [1.54, 1.807) is 12.1 Å². The first-order valence-corrected chi connectivity index (χ1v) is 17.6. The maximum absolute atomic E-state index is 13.2. The third kappa shape index (κ3) is 8.28. The van der Waals surface area contributed by atoms with E-state index in [4.69, 9.17) is 43.5 Å². The third-order valence-electron chi connectivity index (χ3n) is 9.53. The Labute approximate surface area is 296 Å². The number of ether oxygens (including phenoxy) is 2. The number of nitrogens with one attached hydrogen (secondary N) is 1. The van der Waals surface area contributed by atoms with Crippen molar-refractivity contribution in [3.05, 3.63) is 63.3 Å². The van der Waals surface area contributed by atoms with Gasteiger partial charge in [-0.25, -0.2) is 0 Å². The molecule has 6 rings (SSSR count). The average Bonchev–Trinajstić information content (AvgIpc) is 3.47. The van der Waals surface area contributed by atoms with Crippen molar-refractivity contribution in [1.82, 2.24) is 29.8 Å². The molecule has 3 amide bonds. The number of halogens is 2. The number of aryl methyl sites for hydroxylation is 1. The highest BCUT2D eigenvalue weighted by molar-refractivity contribution is 6.35. The second kappa shape index (κ2) is 16.0. The minimum atomic E-state index is -0.977. The van der Waals surface area contributed by atoms with Crippen LogP contribution in [0, 0.1) is 0 Å². The lowest BCUT2D eigenvalue weighted by Crippen LogP contribution is -2.44. The summed E-state index contributed by atoms with van der Waals surface area (Å²) in [4.78, 5) is 43.8. The Bertz CT molecular complexity index is 1690. The van der Waals surface area contributed by atoms with E-state index in [1.165, 1.54) is 4.90 Å². The summed E-state index contributed by atoms with van der Waals surface area (Å²) in [5, 5.41) is 8.92. The van der Waals surface area contributed by atoms with Gasteiger partial charge in [-0.3, -0.25) is 28.9 Å². The molecule has 0 spiro atoms. The van der Waals surface area contributed by atoms with Crippen molar-refractivity contribution >= 4 is 40.9 Å². The zero-order valence-electron chi connectivity index (χ0n) is 27.8. The van der Waals surface area contributed by atoms with Crippen LogP contribution in [0.4, 0.5) is 0 Å². The van der Waals surface area contributed by atoms with Crippen molar-refractivity contribution in [2.75, 3.05) is 72.2 Å². The van der Waals surface area contributed by atoms with E-state index >= 15 is 0 Å². The Hall–Kier alpha value is -3.52. The van der Waals surface area contributed by atoms with Gasteiger partial charge < -0.3 is 25.4 Å².